The number of nitrogens with two attached hydrogens (primary N) is 1. The maximum absolute atomic E-state index is 11.9. The molecule has 2 N–H and O–H groups in total. The van der Waals surface area contributed by atoms with E-state index >= 15 is 0 Å². The van der Waals surface area contributed by atoms with Crippen molar-refractivity contribution in [2.24, 2.45) is 5.73 Å². The van der Waals surface area contributed by atoms with Gasteiger partial charge in [-0.2, -0.15) is 0 Å². The van der Waals surface area contributed by atoms with E-state index in [1.165, 1.54) is 6.26 Å². The van der Waals surface area contributed by atoms with Crippen LogP contribution in [0.5, 0.6) is 0 Å². The fourth-order valence-corrected chi connectivity index (χ4v) is 3.62. The van der Waals surface area contributed by atoms with Crippen LogP contribution in [0.1, 0.15) is 13.8 Å². The molecule has 1 aliphatic heterocycles. The lowest BCUT2D eigenvalue weighted by atomic mass is 10.0. The zero-order valence-corrected chi connectivity index (χ0v) is 13.9. The molecule has 21 heavy (non-hydrogen) atoms. The first-order valence-electron chi connectivity index (χ1n) is 7.25. The smallest absolute Gasteiger partial charge is 0.177 e. The second-order valence-electron chi connectivity index (χ2n) is 6.23. The molecule has 1 aromatic carbocycles. The fraction of sp³-hybridized carbons (Fsp3) is 0.600. The van der Waals surface area contributed by atoms with Crippen LogP contribution in [0, 0.1) is 0 Å². The van der Waals surface area contributed by atoms with Gasteiger partial charge >= 0.3 is 0 Å². The van der Waals surface area contributed by atoms with Crippen molar-refractivity contribution >= 4 is 15.5 Å². The van der Waals surface area contributed by atoms with Gasteiger partial charge in [-0.3, -0.25) is 4.90 Å². The molecule has 0 unspecified atom stereocenters. The molecule has 0 radical (unpaired) electrons. The fourth-order valence-electron chi connectivity index (χ4n) is 2.71. The number of rotatable bonds is 4. The lowest BCUT2D eigenvalue weighted by Gasteiger charge is -2.44. The van der Waals surface area contributed by atoms with Gasteiger partial charge in [0.1, 0.15) is 0 Å². The summed E-state index contributed by atoms with van der Waals surface area (Å²) in [6.45, 7) is 8.32. The Morgan fingerprint density at radius 3 is 2.24 bits per heavy atom. The monoisotopic (exact) mass is 311 g/mol. The summed E-state index contributed by atoms with van der Waals surface area (Å²) in [6, 6.07) is 7.23. The highest BCUT2D eigenvalue weighted by Crippen LogP contribution is 2.27. The third-order valence-corrected chi connectivity index (χ3v) is 5.38. The van der Waals surface area contributed by atoms with Crippen molar-refractivity contribution < 1.29 is 8.42 Å². The van der Waals surface area contributed by atoms with Crippen LogP contribution in [0.3, 0.4) is 0 Å². The molecule has 0 saturated carbocycles. The highest BCUT2D eigenvalue weighted by atomic mass is 32.2. The first-order valence-corrected chi connectivity index (χ1v) is 9.14. The number of piperazine rings is 1. The summed E-state index contributed by atoms with van der Waals surface area (Å²) in [5.74, 6) is 0. The molecule has 0 bridgehead atoms. The Hall–Kier alpha value is -1.11. The Balaban J connectivity index is 2.17. The normalized spacial score (nSPS) is 18.0. The number of nitrogens with zero attached hydrogens (tertiary/aromatic N) is 2. The van der Waals surface area contributed by atoms with Crippen LogP contribution in [-0.2, 0) is 9.84 Å². The Bertz CT molecular complexity index is 591. The molecule has 1 saturated heterocycles. The molecule has 0 aromatic heterocycles. The van der Waals surface area contributed by atoms with E-state index in [9.17, 15) is 8.42 Å². The van der Waals surface area contributed by atoms with Crippen molar-refractivity contribution in [1.82, 2.24) is 4.90 Å². The predicted octanol–water partition coefficient (Wildman–Crippen LogP) is 0.949. The molecule has 118 valence electrons. The number of anilines is 1. The number of hydrogen-bond donors (Lipinski definition) is 1. The second-order valence-corrected chi connectivity index (χ2v) is 8.21. The van der Waals surface area contributed by atoms with Crippen LogP contribution in [0.25, 0.3) is 0 Å². The molecule has 0 aliphatic carbocycles. The first-order chi connectivity index (χ1) is 9.75. The maximum atomic E-state index is 11.9. The van der Waals surface area contributed by atoms with Crippen molar-refractivity contribution in [2.45, 2.75) is 24.3 Å². The van der Waals surface area contributed by atoms with Gasteiger partial charge in [0.2, 0.25) is 0 Å². The van der Waals surface area contributed by atoms with E-state index in [0.29, 0.717) is 11.4 Å². The Kier molecular flexibility index (Phi) is 4.60. The van der Waals surface area contributed by atoms with E-state index in [1.807, 2.05) is 12.1 Å². The van der Waals surface area contributed by atoms with Gasteiger partial charge in [0, 0.05) is 44.5 Å². The van der Waals surface area contributed by atoms with Crippen LogP contribution in [0.4, 0.5) is 5.69 Å². The van der Waals surface area contributed by atoms with Crippen LogP contribution in [0.2, 0.25) is 0 Å². The molecular formula is C15H25N3O2S. The SMILES string of the molecule is CC(C)(CN)N1CCN(c2ccccc2S(C)(=O)=O)CC1. The zero-order valence-electron chi connectivity index (χ0n) is 13.0. The summed E-state index contributed by atoms with van der Waals surface area (Å²) in [5, 5.41) is 0. The average molecular weight is 311 g/mol. The standard InChI is InChI=1S/C15H25N3O2S/c1-15(2,12-16)18-10-8-17(9-11-18)13-6-4-5-7-14(13)21(3,19)20/h4-7H,8-12,16H2,1-3H3. The minimum atomic E-state index is -3.20. The third kappa shape index (κ3) is 3.56. The molecule has 0 amide bonds. The van der Waals surface area contributed by atoms with Gasteiger partial charge < -0.3 is 10.6 Å². The lowest BCUT2D eigenvalue weighted by molar-refractivity contribution is 0.119. The highest BCUT2D eigenvalue weighted by Gasteiger charge is 2.29. The van der Waals surface area contributed by atoms with Gasteiger partial charge in [-0.1, -0.05) is 12.1 Å². The van der Waals surface area contributed by atoms with E-state index in [1.54, 1.807) is 12.1 Å². The number of sulfone groups is 1. The van der Waals surface area contributed by atoms with Crippen molar-refractivity contribution in [3.05, 3.63) is 24.3 Å². The highest BCUT2D eigenvalue weighted by molar-refractivity contribution is 7.90. The molecule has 5 nitrogen and oxygen atoms in total. The van der Waals surface area contributed by atoms with Gasteiger partial charge in [0.25, 0.3) is 0 Å². The molecule has 1 fully saturated rings. The topological polar surface area (TPSA) is 66.6 Å². The molecule has 0 spiro atoms. The van der Waals surface area contributed by atoms with E-state index in [4.69, 9.17) is 5.73 Å². The molecule has 2 rings (SSSR count). The Morgan fingerprint density at radius 1 is 1.14 bits per heavy atom. The number of benzene rings is 1. The largest absolute Gasteiger partial charge is 0.368 e. The van der Waals surface area contributed by atoms with E-state index in [0.717, 1.165) is 31.9 Å². The van der Waals surface area contributed by atoms with Crippen molar-refractivity contribution in [2.75, 3.05) is 43.9 Å². The van der Waals surface area contributed by atoms with Crippen LogP contribution >= 0.6 is 0 Å². The van der Waals surface area contributed by atoms with Crippen LogP contribution < -0.4 is 10.6 Å². The number of hydrogen-bond acceptors (Lipinski definition) is 5. The average Bonchev–Trinajstić information content (AvgIpc) is 2.46. The summed E-state index contributed by atoms with van der Waals surface area (Å²) in [5.41, 5.74) is 6.63. The number of para-hydroxylation sites is 1. The van der Waals surface area contributed by atoms with E-state index in [2.05, 4.69) is 23.6 Å². The zero-order chi connectivity index (χ0) is 15.7. The van der Waals surface area contributed by atoms with Gasteiger partial charge in [0.15, 0.2) is 9.84 Å². The van der Waals surface area contributed by atoms with Gasteiger partial charge in [-0.05, 0) is 26.0 Å². The van der Waals surface area contributed by atoms with Gasteiger partial charge in [0.05, 0.1) is 10.6 Å². The molecular weight excluding hydrogens is 286 g/mol. The molecule has 1 heterocycles. The van der Waals surface area contributed by atoms with Crippen molar-refractivity contribution in [1.29, 1.82) is 0 Å². The maximum Gasteiger partial charge on any atom is 0.177 e. The predicted molar refractivity (Wildman–Crippen MR) is 86.5 cm³/mol. The van der Waals surface area contributed by atoms with Crippen molar-refractivity contribution in [3.63, 3.8) is 0 Å². The molecule has 6 heteroatoms. The van der Waals surface area contributed by atoms with E-state index in [-0.39, 0.29) is 5.54 Å². The Morgan fingerprint density at radius 2 is 1.71 bits per heavy atom. The lowest BCUT2D eigenvalue weighted by Crippen LogP contribution is -2.57. The quantitative estimate of drug-likeness (QED) is 0.897. The summed E-state index contributed by atoms with van der Waals surface area (Å²) in [7, 11) is -3.20. The van der Waals surface area contributed by atoms with E-state index < -0.39 is 9.84 Å². The summed E-state index contributed by atoms with van der Waals surface area (Å²) >= 11 is 0. The summed E-state index contributed by atoms with van der Waals surface area (Å²) < 4.78 is 23.8. The first kappa shape index (κ1) is 16.3. The second kappa shape index (κ2) is 5.94. The summed E-state index contributed by atoms with van der Waals surface area (Å²) in [4.78, 5) is 4.93. The summed E-state index contributed by atoms with van der Waals surface area (Å²) in [6.07, 6.45) is 1.26. The van der Waals surface area contributed by atoms with Gasteiger partial charge in [-0.25, -0.2) is 8.42 Å². The minimum absolute atomic E-state index is 0.0115. The third-order valence-electron chi connectivity index (χ3n) is 4.24. The molecule has 1 aliphatic rings. The van der Waals surface area contributed by atoms with Crippen molar-refractivity contribution in [3.8, 4) is 0 Å². The van der Waals surface area contributed by atoms with Crippen LogP contribution in [-0.4, -0.2) is 57.8 Å². The van der Waals surface area contributed by atoms with Gasteiger partial charge in [-0.15, -0.1) is 0 Å². The molecule has 0 atom stereocenters. The Labute approximate surface area is 127 Å². The molecule has 1 aromatic rings. The minimum Gasteiger partial charge on any atom is -0.368 e. The van der Waals surface area contributed by atoms with Crippen LogP contribution in [0.15, 0.2) is 29.2 Å².